The molecule has 0 saturated carbocycles. The van der Waals surface area contributed by atoms with Gasteiger partial charge in [0, 0.05) is 6.54 Å². The van der Waals surface area contributed by atoms with Crippen LogP contribution in [-0.4, -0.2) is 25.0 Å². The molecule has 1 amide bonds. The van der Waals surface area contributed by atoms with Gasteiger partial charge in [0.1, 0.15) is 0 Å². The van der Waals surface area contributed by atoms with Crippen molar-refractivity contribution >= 4 is 5.91 Å². The van der Waals surface area contributed by atoms with E-state index in [-0.39, 0.29) is 17.9 Å². The molecule has 84 valence electrons. The van der Waals surface area contributed by atoms with Gasteiger partial charge in [-0.15, -0.1) is 0 Å². The van der Waals surface area contributed by atoms with Gasteiger partial charge >= 0.3 is 0 Å². The Kier molecular flexibility index (Phi) is 5.13. The highest BCUT2D eigenvalue weighted by Gasteiger charge is 2.19. The highest BCUT2D eigenvalue weighted by atomic mass is 16.2. The zero-order valence-electron chi connectivity index (χ0n) is 9.25. The molecular formula is C11H19N3O. The Bertz CT molecular complexity index is 239. The van der Waals surface area contributed by atoms with Crippen molar-refractivity contribution in [3.63, 3.8) is 0 Å². The number of hydrogen-bond donors (Lipinski definition) is 2. The summed E-state index contributed by atoms with van der Waals surface area (Å²) in [5, 5.41) is 14.6. The third-order valence-corrected chi connectivity index (χ3v) is 2.68. The Morgan fingerprint density at radius 1 is 1.60 bits per heavy atom. The minimum absolute atomic E-state index is 0.0407. The van der Waals surface area contributed by atoms with E-state index < -0.39 is 0 Å². The van der Waals surface area contributed by atoms with E-state index in [1.807, 2.05) is 0 Å². The summed E-state index contributed by atoms with van der Waals surface area (Å²) in [5.74, 6) is -0.0706. The Morgan fingerprint density at radius 3 is 3.13 bits per heavy atom. The molecule has 0 aromatic carbocycles. The van der Waals surface area contributed by atoms with Crippen molar-refractivity contribution in [2.75, 3.05) is 13.1 Å². The van der Waals surface area contributed by atoms with E-state index in [0.29, 0.717) is 6.54 Å². The molecule has 0 aromatic rings. The molecule has 0 bridgehead atoms. The molecule has 2 unspecified atom stereocenters. The van der Waals surface area contributed by atoms with E-state index in [1.54, 1.807) is 6.92 Å². The molecule has 0 aliphatic carbocycles. The summed E-state index contributed by atoms with van der Waals surface area (Å²) in [7, 11) is 0. The van der Waals surface area contributed by atoms with Crippen molar-refractivity contribution in [2.24, 2.45) is 5.92 Å². The predicted molar refractivity (Wildman–Crippen MR) is 58.0 cm³/mol. The van der Waals surface area contributed by atoms with Crippen molar-refractivity contribution in [2.45, 2.75) is 38.6 Å². The average molecular weight is 209 g/mol. The van der Waals surface area contributed by atoms with Gasteiger partial charge < -0.3 is 10.6 Å². The molecule has 1 rings (SSSR count). The predicted octanol–water partition coefficient (Wildman–Crippen LogP) is 0.794. The number of rotatable bonds is 3. The van der Waals surface area contributed by atoms with Crippen LogP contribution in [-0.2, 0) is 4.79 Å². The summed E-state index contributed by atoms with van der Waals surface area (Å²) in [4.78, 5) is 11.7. The second kappa shape index (κ2) is 6.41. The minimum Gasteiger partial charge on any atom is -0.353 e. The molecule has 1 fully saturated rings. The summed E-state index contributed by atoms with van der Waals surface area (Å²) >= 11 is 0. The molecule has 15 heavy (non-hydrogen) atoms. The number of nitriles is 1. The molecule has 1 saturated heterocycles. The van der Waals surface area contributed by atoms with Crippen LogP contribution in [0.4, 0.5) is 0 Å². The molecule has 2 atom stereocenters. The minimum atomic E-state index is -0.111. The van der Waals surface area contributed by atoms with Gasteiger partial charge in [-0.3, -0.25) is 4.79 Å². The van der Waals surface area contributed by atoms with Gasteiger partial charge in [0.15, 0.2) is 0 Å². The Morgan fingerprint density at radius 2 is 2.40 bits per heavy atom. The highest BCUT2D eigenvalue weighted by molar-refractivity contribution is 5.81. The van der Waals surface area contributed by atoms with E-state index in [9.17, 15) is 4.79 Å². The van der Waals surface area contributed by atoms with Gasteiger partial charge in [0.2, 0.25) is 5.91 Å². The van der Waals surface area contributed by atoms with Crippen molar-refractivity contribution in [1.82, 2.24) is 10.6 Å². The number of carbonyl (C=O) groups is 1. The van der Waals surface area contributed by atoms with Gasteiger partial charge in [0.05, 0.1) is 18.0 Å². The first-order valence-corrected chi connectivity index (χ1v) is 5.64. The van der Waals surface area contributed by atoms with E-state index >= 15 is 0 Å². The standard InChI is InChI=1S/C11H19N3O/c1-9(7-12)8-14-11(15)10-5-3-2-4-6-13-10/h9-10,13H,2-6,8H2,1H3,(H,14,15). The van der Waals surface area contributed by atoms with Crippen LogP contribution >= 0.6 is 0 Å². The van der Waals surface area contributed by atoms with Crippen LogP contribution in [0.15, 0.2) is 0 Å². The van der Waals surface area contributed by atoms with Gasteiger partial charge in [-0.2, -0.15) is 5.26 Å². The molecule has 4 nitrogen and oxygen atoms in total. The topological polar surface area (TPSA) is 64.9 Å². The van der Waals surface area contributed by atoms with E-state index in [2.05, 4.69) is 16.7 Å². The molecule has 1 aliphatic heterocycles. The number of nitrogens with one attached hydrogen (secondary N) is 2. The van der Waals surface area contributed by atoms with Crippen molar-refractivity contribution in [3.05, 3.63) is 0 Å². The monoisotopic (exact) mass is 209 g/mol. The summed E-state index contributed by atoms with van der Waals surface area (Å²) in [6.07, 6.45) is 4.37. The quantitative estimate of drug-likeness (QED) is 0.722. The van der Waals surface area contributed by atoms with E-state index in [1.165, 1.54) is 6.42 Å². The fraction of sp³-hybridized carbons (Fsp3) is 0.818. The van der Waals surface area contributed by atoms with Crippen LogP contribution < -0.4 is 10.6 Å². The van der Waals surface area contributed by atoms with Gasteiger partial charge in [0.25, 0.3) is 0 Å². The smallest absolute Gasteiger partial charge is 0.237 e. The molecule has 1 aliphatic rings. The normalized spacial score (nSPS) is 23.6. The van der Waals surface area contributed by atoms with Crippen LogP contribution in [0.5, 0.6) is 0 Å². The van der Waals surface area contributed by atoms with E-state index in [4.69, 9.17) is 5.26 Å². The fourth-order valence-electron chi connectivity index (χ4n) is 1.67. The molecule has 2 N–H and O–H groups in total. The Labute approximate surface area is 91.0 Å². The van der Waals surface area contributed by atoms with Gasteiger partial charge in [-0.05, 0) is 26.3 Å². The lowest BCUT2D eigenvalue weighted by Crippen LogP contribution is -2.44. The summed E-state index contributed by atoms with van der Waals surface area (Å²) in [5.41, 5.74) is 0. The summed E-state index contributed by atoms with van der Waals surface area (Å²) < 4.78 is 0. The Balaban J connectivity index is 2.29. The number of amides is 1. The molecule has 4 heteroatoms. The van der Waals surface area contributed by atoms with Crippen LogP contribution in [0.1, 0.15) is 32.6 Å². The highest BCUT2D eigenvalue weighted by Crippen LogP contribution is 2.08. The van der Waals surface area contributed by atoms with Crippen molar-refractivity contribution in [1.29, 1.82) is 5.26 Å². The third-order valence-electron chi connectivity index (χ3n) is 2.68. The zero-order valence-corrected chi connectivity index (χ0v) is 9.25. The summed E-state index contributed by atoms with van der Waals surface area (Å²) in [6, 6.07) is 2.04. The number of carbonyl (C=O) groups excluding carboxylic acids is 1. The summed E-state index contributed by atoms with van der Waals surface area (Å²) in [6.45, 7) is 3.18. The van der Waals surface area contributed by atoms with Crippen molar-refractivity contribution in [3.8, 4) is 6.07 Å². The Hall–Kier alpha value is -1.08. The van der Waals surface area contributed by atoms with Crippen molar-refractivity contribution < 1.29 is 4.79 Å². The molecule has 0 spiro atoms. The molecule has 0 aromatic heterocycles. The number of hydrogen-bond acceptors (Lipinski definition) is 3. The lowest BCUT2D eigenvalue weighted by atomic mass is 10.1. The maximum absolute atomic E-state index is 11.7. The van der Waals surface area contributed by atoms with Crippen LogP contribution in [0.25, 0.3) is 0 Å². The first-order chi connectivity index (χ1) is 7.24. The van der Waals surface area contributed by atoms with Crippen LogP contribution in [0, 0.1) is 17.2 Å². The van der Waals surface area contributed by atoms with E-state index in [0.717, 1.165) is 25.8 Å². The first-order valence-electron chi connectivity index (χ1n) is 5.64. The number of nitrogens with zero attached hydrogens (tertiary/aromatic N) is 1. The zero-order chi connectivity index (χ0) is 11.1. The maximum atomic E-state index is 11.7. The second-order valence-electron chi connectivity index (χ2n) is 4.13. The second-order valence-corrected chi connectivity index (χ2v) is 4.13. The van der Waals surface area contributed by atoms with Gasteiger partial charge in [-0.25, -0.2) is 0 Å². The van der Waals surface area contributed by atoms with Gasteiger partial charge in [-0.1, -0.05) is 12.8 Å². The third kappa shape index (κ3) is 4.30. The lowest BCUT2D eigenvalue weighted by Gasteiger charge is -2.15. The van der Waals surface area contributed by atoms with Crippen LogP contribution in [0.3, 0.4) is 0 Å². The largest absolute Gasteiger partial charge is 0.353 e. The lowest BCUT2D eigenvalue weighted by molar-refractivity contribution is -0.123. The van der Waals surface area contributed by atoms with Crippen LogP contribution in [0.2, 0.25) is 0 Å². The SMILES string of the molecule is CC(C#N)CNC(=O)C1CCCCCN1. The maximum Gasteiger partial charge on any atom is 0.237 e. The average Bonchev–Trinajstić information content (AvgIpc) is 2.53. The molecule has 0 radical (unpaired) electrons. The first kappa shape index (κ1) is 12.0. The fourth-order valence-corrected chi connectivity index (χ4v) is 1.67. The molecular weight excluding hydrogens is 190 g/mol. The molecule has 1 heterocycles.